The molecule has 0 aromatic carbocycles. The zero-order valence-corrected chi connectivity index (χ0v) is 12.2. The summed E-state index contributed by atoms with van der Waals surface area (Å²) in [6.07, 6.45) is 2.07. The molecule has 2 N–H and O–H groups in total. The summed E-state index contributed by atoms with van der Waals surface area (Å²) >= 11 is 1.66. The van der Waals surface area contributed by atoms with Gasteiger partial charge in [-0.25, -0.2) is 0 Å². The molecule has 1 unspecified atom stereocenters. The molecule has 2 rings (SSSR count). The van der Waals surface area contributed by atoms with Crippen LogP contribution in [0.5, 0.6) is 0 Å². The van der Waals surface area contributed by atoms with Crippen LogP contribution < -0.4 is 11.3 Å². The SMILES string of the molecule is CCCCn1c(-c2cccs2)ccc(C(C)N)c1=O. The summed E-state index contributed by atoms with van der Waals surface area (Å²) in [5.74, 6) is 0. The molecule has 0 fully saturated rings. The van der Waals surface area contributed by atoms with E-state index in [9.17, 15) is 4.79 Å². The average Bonchev–Trinajstić information content (AvgIpc) is 2.90. The van der Waals surface area contributed by atoms with Crippen molar-refractivity contribution in [1.82, 2.24) is 4.57 Å². The summed E-state index contributed by atoms with van der Waals surface area (Å²) < 4.78 is 1.87. The lowest BCUT2D eigenvalue weighted by Gasteiger charge is -2.14. The molecule has 0 spiro atoms. The van der Waals surface area contributed by atoms with E-state index in [-0.39, 0.29) is 11.6 Å². The quantitative estimate of drug-likeness (QED) is 0.910. The second-order valence-electron chi connectivity index (χ2n) is 4.75. The lowest BCUT2D eigenvalue weighted by Crippen LogP contribution is -2.28. The maximum absolute atomic E-state index is 12.5. The standard InChI is InChI=1S/C15H20N2OS/c1-3-4-9-17-13(14-6-5-10-19-14)8-7-12(11(2)16)15(17)18/h5-8,10-11H,3-4,9,16H2,1-2H3. The Morgan fingerprint density at radius 3 is 2.74 bits per heavy atom. The van der Waals surface area contributed by atoms with E-state index in [1.54, 1.807) is 11.3 Å². The number of unbranched alkanes of at least 4 members (excludes halogenated alkanes) is 1. The average molecular weight is 276 g/mol. The van der Waals surface area contributed by atoms with Crippen LogP contribution in [-0.2, 0) is 6.54 Å². The fourth-order valence-corrected chi connectivity index (χ4v) is 2.88. The largest absolute Gasteiger partial charge is 0.324 e. The molecule has 2 aromatic heterocycles. The van der Waals surface area contributed by atoms with Crippen LogP contribution in [-0.4, -0.2) is 4.57 Å². The summed E-state index contributed by atoms with van der Waals surface area (Å²) in [5, 5.41) is 2.03. The molecule has 1 atom stereocenters. The van der Waals surface area contributed by atoms with Crippen molar-refractivity contribution >= 4 is 11.3 Å². The van der Waals surface area contributed by atoms with Crippen molar-refractivity contribution in [3.05, 3.63) is 45.6 Å². The fraction of sp³-hybridized carbons (Fsp3) is 0.400. The molecular weight excluding hydrogens is 256 g/mol. The lowest BCUT2D eigenvalue weighted by molar-refractivity contribution is 0.608. The molecule has 0 aliphatic heterocycles. The highest BCUT2D eigenvalue weighted by molar-refractivity contribution is 7.13. The number of thiophene rings is 1. The van der Waals surface area contributed by atoms with Gasteiger partial charge >= 0.3 is 0 Å². The Labute approximate surface area is 117 Å². The number of hydrogen-bond acceptors (Lipinski definition) is 3. The van der Waals surface area contributed by atoms with E-state index in [0.29, 0.717) is 5.56 Å². The molecule has 0 aliphatic carbocycles. The summed E-state index contributed by atoms with van der Waals surface area (Å²) in [6.45, 7) is 4.74. The summed E-state index contributed by atoms with van der Waals surface area (Å²) in [4.78, 5) is 13.6. The third kappa shape index (κ3) is 2.96. The van der Waals surface area contributed by atoms with Gasteiger partial charge in [0, 0.05) is 18.2 Å². The molecule has 2 aromatic rings. The summed E-state index contributed by atoms with van der Waals surface area (Å²) in [5.41, 5.74) is 7.61. The van der Waals surface area contributed by atoms with Crippen molar-refractivity contribution in [2.24, 2.45) is 5.73 Å². The molecule has 0 amide bonds. The highest BCUT2D eigenvalue weighted by atomic mass is 32.1. The Morgan fingerprint density at radius 1 is 1.37 bits per heavy atom. The van der Waals surface area contributed by atoms with Crippen LogP contribution in [0.1, 0.15) is 38.3 Å². The van der Waals surface area contributed by atoms with E-state index in [1.807, 2.05) is 41.1 Å². The number of pyridine rings is 1. The Balaban J connectivity index is 2.55. The van der Waals surface area contributed by atoms with Gasteiger partial charge in [-0.3, -0.25) is 4.79 Å². The van der Waals surface area contributed by atoms with Gasteiger partial charge in [-0.1, -0.05) is 19.4 Å². The smallest absolute Gasteiger partial charge is 0.255 e. The van der Waals surface area contributed by atoms with E-state index in [4.69, 9.17) is 5.73 Å². The minimum Gasteiger partial charge on any atom is -0.324 e. The second-order valence-corrected chi connectivity index (χ2v) is 5.70. The van der Waals surface area contributed by atoms with E-state index in [2.05, 4.69) is 6.92 Å². The molecule has 2 heterocycles. The van der Waals surface area contributed by atoms with Gasteiger partial charge in [-0.2, -0.15) is 0 Å². The van der Waals surface area contributed by atoms with Gasteiger partial charge in [0.1, 0.15) is 0 Å². The fourth-order valence-electron chi connectivity index (χ4n) is 2.12. The molecule has 3 nitrogen and oxygen atoms in total. The monoisotopic (exact) mass is 276 g/mol. The molecule has 0 aliphatic rings. The molecule has 0 bridgehead atoms. The van der Waals surface area contributed by atoms with Crippen LogP contribution >= 0.6 is 11.3 Å². The third-order valence-electron chi connectivity index (χ3n) is 3.20. The molecule has 102 valence electrons. The molecule has 19 heavy (non-hydrogen) atoms. The van der Waals surface area contributed by atoms with E-state index >= 15 is 0 Å². The first-order valence-corrected chi connectivity index (χ1v) is 7.56. The highest BCUT2D eigenvalue weighted by Crippen LogP contribution is 2.24. The van der Waals surface area contributed by atoms with Gasteiger partial charge in [0.05, 0.1) is 10.6 Å². The van der Waals surface area contributed by atoms with Gasteiger partial charge in [0.25, 0.3) is 5.56 Å². The maximum atomic E-state index is 12.5. The van der Waals surface area contributed by atoms with Gasteiger partial charge in [0.15, 0.2) is 0 Å². The van der Waals surface area contributed by atoms with E-state index in [1.165, 1.54) is 0 Å². The first-order valence-electron chi connectivity index (χ1n) is 6.68. The number of nitrogens with zero attached hydrogens (tertiary/aromatic N) is 1. The number of rotatable bonds is 5. The number of nitrogens with two attached hydrogens (primary N) is 1. The molecule has 4 heteroatoms. The van der Waals surface area contributed by atoms with Crippen molar-refractivity contribution in [2.75, 3.05) is 0 Å². The zero-order chi connectivity index (χ0) is 13.8. The molecule has 0 saturated carbocycles. The Bertz CT molecular complexity index is 585. The van der Waals surface area contributed by atoms with Crippen LogP contribution in [0, 0.1) is 0 Å². The maximum Gasteiger partial charge on any atom is 0.255 e. The predicted molar refractivity (Wildman–Crippen MR) is 81.5 cm³/mol. The van der Waals surface area contributed by atoms with Crippen molar-refractivity contribution in [3.8, 4) is 10.6 Å². The van der Waals surface area contributed by atoms with E-state index < -0.39 is 0 Å². The number of hydrogen-bond donors (Lipinski definition) is 1. The van der Waals surface area contributed by atoms with Crippen molar-refractivity contribution in [2.45, 2.75) is 39.3 Å². The topological polar surface area (TPSA) is 48.0 Å². The Morgan fingerprint density at radius 2 is 2.16 bits per heavy atom. The van der Waals surface area contributed by atoms with Crippen LogP contribution in [0.25, 0.3) is 10.6 Å². The first-order chi connectivity index (χ1) is 9.15. The van der Waals surface area contributed by atoms with Gasteiger partial charge in [0.2, 0.25) is 0 Å². The van der Waals surface area contributed by atoms with Gasteiger partial charge in [-0.15, -0.1) is 11.3 Å². The Hall–Kier alpha value is -1.39. The number of aromatic nitrogens is 1. The predicted octanol–water partition coefficient (Wildman–Crippen LogP) is 3.40. The minimum absolute atomic E-state index is 0.0503. The van der Waals surface area contributed by atoms with E-state index in [0.717, 1.165) is 30.0 Å². The zero-order valence-electron chi connectivity index (χ0n) is 11.4. The summed E-state index contributed by atoms with van der Waals surface area (Å²) in [7, 11) is 0. The normalized spacial score (nSPS) is 12.6. The second kappa shape index (κ2) is 6.17. The van der Waals surface area contributed by atoms with Crippen LogP contribution in [0.4, 0.5) is 0 Å². The molecule has 0 radical (unpaired) electrons. The highest BCUT2D eigenvalue weighted by Gasteiger charge is 2.13. The van der Waals surface area contributed by atoms with Crippen LogP contribution in [0.3, 0.4) is 0 Å². The lowest BCUT2D eigenvalue weighted by atomic mass is 10.1. The van der Waals surface area contributed by atoms with Crippen molar-refractivity contribution in [3.63, 3.8) is 0 Å². The van der Waals surface area contributed by atoms with Crippen molar-refractivity contribution < 1.29 is 0 Å². The Kier molecular flexibility index (Phi) is 4.56. The molecular formula is C15H20N2OS. The summed E-state index contributed by atoms with van der Waals surface area (Å²) in [6, 6.07) is 7.71. The van der Waals surface area contributed by atoms with Crippen LogP contribution in [0.2, 0.25) is 0 Å². The third-order valence-corrected chi connectivity index (χ3v) is 4.10. The molecule has 0 saturated heterocycles. The van der Waals surface area contributed by atoms with Gasteiger partial charge < -0.3 is 10.3 Å². The van der Waals surface area contributed by atoms with Crippen molar-refractivity contribution in [1.29, 1.82) is 0 Å². The minimum atomic E-state index is -0.224. The van der Waals surface area contributed by atoms with Crippen LogP contribution in [0.15, 0.2) is 34.4 Å². The first kappa shape index (κ1) is 14.0. The van der Waals surface area contributed by atoms with Gasteiger partial charge in [-0.05, 0) is 36.9 Å².